The summed E-state index contributed by atoms with van der Waals surface area (Å²) in [6.07, 6.45) is 6.95. The van der Waals surface area contributed by atoms with Crippen LogP contribution in [-0.4, -0.2) is 36.7 Å². The first-order valence-electron chi connectivity index (χ1n) is 8.11. The van der Waals surface area contributed by atoms with Gasteiger partial charge in [0.1, 0.15) is 0 Å². The molecule has 0 bridgehead atoms. The third-order valence-electron chi connectivity index (χ3n) is 5.12. The molecule has 2 atom stereocenters. The largest absolute Gasteiger partial charge is 0.384 e. The highest BCUT2D eigenvalue weighted by molar-refractivity contribution is 5.57. The van der Waals surface area contributed by atoms with E-state index in [-0.39, 0.29) is 0 Å². The molecule has 1 aromatic carbocycles. The van der Waals surface area contributed by atoms with E-state index in [9.17, 15) is 0 Å². The minimum Gasteiger partial charge on any atom is -0.384 e. The van der Waals surface area contributed by atoms with Crippen LogP contribution in [0, 0.1) is 0 Å². The molecule has 3 aliphatic rings. The van der Waals surface area contributed by atoms with Crippen LogP contribution in [0.25, 0.3) is 0 Å². The highest BCUT2D eigenvalue weighted by Gasteiger charge is 2.34. The topological polar surface area (TPSA) is 24.5 Å². The minimum absolute atomic E-state index is 0.491. The highest BCUT2D eigenvalue weighted by atomic mass is 16.5. The quantitative estimate of drug-likeness (QED) is 0.896. The van der Waals surface area contributed by atoms with Crippen molar-refractivity contribution in [1.29, 1.82) is 0 Å². The number of hydrogen-bond donors (Lipinski definition) is 1. The molecule has 3 nitrogen and oxygen atoms in total. The minimum atomic E-state index is 0.491. The van der Waals surface area contributed by atoms with Crippen molar-refractivity contribution in [2.75, 3.05) is 25.0 Å². The summed E-state index contributed by atoms with van der Waals surface area (Å²) in [5, 5.41) is 3.49. The maximum atomic E-state index is 5.97. The van der Waals surface area contributed by atoms with Gasteiger partial charge in [0, 0.05) is 31.4 Å². The molecule has 1 aliphatic carbocycles. The Labute approximate surface area is 121 Å². The summed E-state index contributed by atoms with van der Waals surface area (Å²) in [5.41, 5.74) is 4.28. The van der Waals surface area contributed by atoms with Crippen molar-refractivity contribution in [1.82, 2.24) is 4.90 Å². The van der Waals surface area contributed by atoms with E-state index in [1.807, 2.05) is 0 Å². The Hall–Kier alpha value is -1.06. The summed E-state index contributed by atoms with van der Waals surface area (Å²) in [6, 6.07) is 7.64. The van der Waals surface area contributed by atoms with Gasteiger partial charge >= 0.3 is 0 Å². The number of ether oxygens (including phenoxy) is 1. The number of nitrogens with zero attached hydrogens (tertiary/aromatic N) is 1. The summed E-state index contributed by atoms with van der Waals surface area (Å²) in [4.78, 5) is 2.66. The van der Waals surface area contributed by atoms with Gasteiger partial charge in [-0.3, -0.25) is 4.90 Å². The van der Waals surface area contributed by atoms with Crippen LogP contribution in [0.4, 0.5) is 5.69 Å². The third-order valence-corrected chi connectivity index (χ3v) is 5.12. The van der Waals surface area contributed by atoms with Gasteiger partial charge in [-0.25, -0.2) is 0 Å². The number of hydrogen-bond acceptors (Lipinski definition) is 3. The van der Waals surface area contributed by atoms with E-state index in [1.165, 1.54) is 48.9 Å². The molecule has 0 radical (unpaired) electrons. The SMILES string of the molecule is c1cc2c(cc1CN1CCOC3CCCCC31)NCC2. The summed E-state index contributed by atoms with van der Waals surface area (Å²) >= 11 is 0. The van der Waals surface area contributed by atoms with E-state index in [0.29, 0.717) is 12.1 Å². The number of fused-ring (bicyclic) bond motifs is 2. The fourth-order valence-electron chi connectivity index (χ4n) is 4.04. The van der Waals surface area contributed by atoms with E-state index in [0.717, 1.165) is 26.2 Å². The van der Waals surface area contributed by atoms with Gasteiger partial charge in [0.25, 0.3) is 0 Å². The van der Waals surface area contributed by atoms with Gasteiger partial charge in [-0.05, 0) is 36.5 Å². The van der Waals surface area contributed by atoms with Crippen LogP contribution >= 0.6 is 0 Å². The number of nitrogens with one attached hydrogen (secondary N) is 1. The predicted octanol–water partition coefficient (Wildman–Crippen LogP) is 2.80. The Kier molecular flexibility index (Phi) is 3.41. The van der Waals surface area contributed by atoms with Crippen LogP contribution in [0.2, 0.25) is 0 Å². The molecule has 108 valence electrons. The zero-order valence-electron chi connectivity index (χ0n) is 12.1. The van der Waals surface area contributed by atoms with Gasteiger partial charge in [-0.1, -0.05) is 25.0 Å². The number of benzene rings is 1. The second-order valence-electron chi connectivity index (χ2n) is 6.40. The Balaban J connectivity index is 1.50. The maximum Gasteiger partial charge on any atom is 0.0731 e. The zero-order chi connectivity index (χ0) is 13.4. The fraction of sp³-hybridized carbons (Fsp3) is 0.647. The van der Waals surface area contributed by atoms with Crippen LogP contribution in [-0.2, 0) is 17.7 Å². The van der Waals surface area contributed by atoms with E-state index < -0.39 is 0 Å². The van der Waals surface area contributed by atoms with E-state index in [4.69, 9.17) is 4.74 Å². The first-order valence-corrected chi connectivity index (χ1v) is 8.11. The molecule has 20 heavy (non-hydrogen) atoms. The second-order valence-corrected chi connectivity index (χ2v) is 6.40. The van der Waals surface area contributed by atoms with Gasteiger partial charge in [0.2, 0.25) is 0 Å². The Bertz CT molecular complexity index is 486. The van der Waals surface area contributed by atoms with Crippen molar-refractivity contribution >= 4 is 5.69 Å². The van der Waals surface area contributed by atoms with Gasteiger partial charge < -0.3 is 10.1 Å². The molecular weight excluding hydrogens is 248 g/mol. The van der Waals surface area contributed by atoms with E-state index in [1.54, 1.807) is 0 Å². The van der Waals surface area contributed by atoms with Crippen LogP contribution in [0.3, 0.4) is 0 Å². The van der Waals surface area contributed by atoms with Gasteiger partial charge in [0.15, 0.2) is 0 Å². The Morgan fingerprint density at radius 1 is 1.25 bits per heavy atom. The standard InChI is InChI=1S/C17H24N2O/c1-2-4-17-16(3-1)19(9-10-20-17)12-13-5-6-14-7-8-18-15(14)11-13/h5-6,11,16-18H,1-4,7-10,12H2. The molecule has 0 spiro atoms. The summed E-state index contributed by atoms with van der Waals surface area (Å²) in [5.74, 6) is 0. The van der Waals surface area contributed by atoms with Crippen LogP contribution in [0.1, 0.15) is 36.8 Å². The Morgan fingerprint density at radius 2 is 2.20 bits per heavy atom. The number of rotatable bonds is 2. The van der Waals surface area contributed by atoms with Gasteiger partial charge in [0.05, 0.1) is 12.7 Å². The van der Waals surface area contributed by atoms with Crippen LogP contribution in [0.15, 0.2) is 18.2 Å². The van der Waals surface area contributed by atoms with Crippen molar-refractivity contribution in [3.8, 4) is 0 Å². The first kappa shape index (κ1) is 12.7. The predicted molar refractivity (Wildman–Crippen MR) is 81.0 cm³/mol. The number of anilines is 1. The van der Waals surface area contributed by atoms with Gasteiger partial charge in [-0.2, -0.15) is 0 Å². The van der Waals surface area contributed by atoms with Crippen molar-refractivity contribution in [3.63, 3.8) is 0 Å². The van der Waals surface area contributed by atoms with Gasteiger partial charge in [-0.15, -0.1) is 0 Å². The lowest BCUT2D eigenvalue weighted by molar-refractivity contribution is -0.0911. The molecule has 1 N–H and O–H groups in total. The molecule has 2 aliphatic heterocycles. The van der Waals surface area contributed by atoms with Crippen LogP contribution < -0.4 is 5.32 Å². The molecule has 0 amide bonds. The molecule has 1 saturated carbocycles. The fourth-order valence-corrected chi connectivity index (χ4v) is 4.04. The molecular formula is C17H24N2O. The molecule has 1 saturated heterocycles. The van der Waals surface area contributed by atoms with E-state index in [2.05, 4.69) is 28.4 Å². The van der Waals surface area contributed by atoms with Crippen molar-refractivity contribution < 1.29 is 4.74 Å². The summed E-state index contributed by atoms with van der Waals surface area (Å²) in [7, 11) is 0. The smallest absolute Gasteiger partial charge is 0.0731 e. The molecule has 3 heteroatoms. The summed E-state index contributed by atoms with van der Waals surface area (Å²) < 4.78 is 5.97. The maximum absolute atomic E-state index is 5.97. The second kappa shape index (κ2) is 5.38. The Morgan fingerprint density at radius 3 is 3.20 bits per heavy atom. The molecule has 4 rings (SSSR count). The van der Waals surface area contributed by atoms with Crippen molar-refractivity contribution in [2.24, 2.45) is 0 Å². The van der Waals surface area contributed by atoms with Crippen LogP contribution in [0.5, 0.6) is 0 Å². The lowest BCUT2D eigenvalue weighted by Crippen LogP contribution is -2.52. The molecule has 2 heterocycles. The molecule has 0 aromatic heterocycles. The molecule has 1 aromatic rings. The first-order chi connectivity index (χ1) is 9.90. The van der Waals surface area contributed by atoms with Crippen molar-refractivity contribution in [3.05, 3.63) is 29.3 Å². The molecule has 2 unspecified atom stereocenters. The highest BCUT2D eigenvalue weighted by Crippen LogP contribution is 2.30. The average molecular weight is 272 g/mol. The van der Waals surface area contributed by atoms with Crippen molar-refractivity contribution in [2.45, 2.75) is 50.8 Å². The normalized spacial score (nSPS) is 29.6. The zero-order valence-corrected chi connectivity index (χ0v) is 12.1. The lowest BCUT2D eigenvalue weighted by atomic mass is 9.90. The average Bonchev–Trinajstić information content (AvgIpc) is 2.95. The molecule has 2 fully saturated rings. The number of morpholine rings is 1. The lowest BCUT2D eigenvalue weighted by Gasteiger charge is -2.43. The van der Waals surface area contributed by atoms with E-state index >= 15 is 0 Å². The third kappa shape index (κ3) is 2.33. The summed E-state index contributed by atoms with van der Waals surface area (Å²) in [6.45, 7) is 4.18. The monoisotopic (exact) mass is 272 g/mol.